The molecule has 0 bridgehead atoms. The molecule has 164 valence electrons. The highest BCUT2D eigenvalue weighted by molar-refractivity contribution is 9.10. The molecule has 7 nitrogen and oxygen atoms in total. The monoisotopic (exact) mass is 514 g/mol. The molecule has 0 atom stereocenters. The topological polar surface area (TPSA) is 98.5 Å². The summed E-state index contributed by atoms with van der Waals surface area (Å²) in [5.74, 6) is -0.490. The minimum absolute atomic E-state index is 0.114. The highest BCUT2D eigenvalue weighted by atomic mass is 79.9. The van der Waals surface area contributed by atoms with Crippen LogP contribution in [0.5, 0.6) is 5.75 Å². The Bertz CT molecular complexity index is 1410. The van der Waals surface area contributed by atoms with Gasteiger partial charge in [0.2, 0.25) is 0 Å². The van der Waals surface area contributed by atoms with Gasteiger partial charge in [-0.2, -0.15) is 17.6 Å². The fourth-order valence-electron chi connectivity index (χ4n) is 3.37. The Kier molecular flexibility index (Phi) is 6.03. The number of aromatic nitrogens is 2. The van der Waals surface area contributed by atoms with E-state index in [4.69, 9.17) is 9.84 Å². The third-order valence-corrected chi connectivity index (χ3v) is 7.02. The van der Waals surface area contributed by atoms with Crippen LogP contribution in [0.2, 0.25) is 0 Å². The molecule has 9 heteroatoms. The Balaban J connectivity index is 1.71. The molecule has 0 aliphatic heterocycles. The number of hydrogen-bond acceptors (Lipinski definition) is 5. The molecule has 0 aliphatic carbocycles. The summed E-state index contributed by atoms with van der Waals surface area (Å²) in [6, 6.07) is 17.0. The average Bonchev–Trinajstić information content (AvgIpc) is 3.17. The van der Waals surface area contributed by atoms with Crippen molar-refractivity contribution >= 4 is 42.8 Å². The number of carbonyl (C=O) groups is 1. The molecule has 0 saturated heterocycles. The first-order valence-electron chi connectivity index (χ1n) is 9.66. The van der Waals surface area contributed by atoms with Gasteiger partial charge in [-0.25, -0.2) is 0 Å². The highest BCUT2D eigenvalue weighted by Gasteiger charge is 2.22. The van der Waals surface area contributed by atoms with Gasteiger partial charge in [0, 0.05) is 21.0 Å². The molecule has 1 aromatic heterocycles. The SMILES string of the molecule is Cc1ccc(S(=O)(=O)n2ncc3c(COc4ccccc4CC(=O)O)cc(Br)cc32)cc1. The normalized spacial score (nSPS) is 11.6. The molecule has 0 spiro atoms. The molecule has 3 aromatic carbocycles. The average molecular weight is 515 g/mol. The molecule has 4 rings (SSSR count). The summed E-state index contributed by atoms with van der Waals surface area (Å²) in [7, 11) is -3.88. The fraction of sp³-hybridized carbons (Fsp3) is 0.130. The second kappa shape index (κ2) is 8.76. The van der Waals surface area contributed by atoms with Crippen LogP contribution in [-0.2, 0) is 27.8 Å². The van der Waals surface area contributed by atoms with Crippen LogP contribution in [-0.4, -0.2) is 28.7 Å². The number of benzene rings is 3. The van der Waals surface area contributed by atoms with Gasteiger partial charge in [0.1, 0.15) is 12.4 Å². The zero-order valence-electron chi connectivity index (χ0n) is 17.0. The van der Waals surface area contributed by atoms with E-state index in [0.717, 1.165) is 9.65 Å². The van der Waals surface area contributed by atoms with Crippen LogP contribution in [0.1, 0.15) is 16.7 Å². The van der Waals surface area contributed by atoms with Gasteiger partial charge in [-0.15, -0.1) is 0 Å². The van der Waals surface area contributed by atoms with Crippen LogP contribution in [0.4, 0.5) is 0 Å². The summed E-state index contributed by atoms with van der Waals surface area (Å²) in [5, 5.41) is 13.9. The number of aryl methyl sites for hydroxylation is 1. The molecule has 0 amide bonds. The molecule has 0 saturated carbocycles. The van der Waals surface area contributed by atoms with Crippen molar-refractivity contribution in [1.82, 2.24) is 9.19 Å². The quantitative estimate of drug-likeness (QED) is 0.388. The molecule has 0 unspecified atom stereocenters. The van der Waals surface area contributed by atoms with Gasteiger partial charge in [-0.1, -0.05) is 51.8 Å². The molecular weight excluding hydrogens is 496 g/mol. The second-order valence-corrected chi connectivity index (χ2v) is 9.95. The maximum absolute atomic E-state index is 13.2. The number of aliphatic carboxylic acids is 1. The second-order valence-electron chi connectivity index (χ2n) is 7.27. The van der Waals surface area contributed by atoms with Crippen LogP contribution in [0.3, 0.4) is 0 Å². The van der Waals surface area contributed by atoms with Crippen molar-refractivity contribution in [2.75, 3.05) is 0 Å². The van der Waals surface area contributed by atoms with Gasteiger partial charge in [0.05, 0.1) is 23.0 Å². The van der Waals surface area contributed by atoms with Crippen molar-refractivity contribution in [2.45, 2.75) is 24.8 Å². The molecule has 1 N–H and O–H groups in total. The number of carboxylic acids is 1. The van der Waals surface area contributed by atoms with Gasteiger partial charge in [0.25, 0.3) is 10.0 Å². The maximum Gasteiger partial charge on any atom is 0.307 e. The van der Waals surface area contributed by atoms with Crippen molar-refractivity contribution in [2.24, 2.45) is 0 Å². The first kappa shape index (κ1) is 22.0. The lowest BCUT2D eigenvalue weighted by atomic mass is 10.1. The van der Waals surface area contributed by atoms with Crippen LogP contribution in [0.25, 0.3) is 10.9 Å². The summed E-state index contributed by atoms with van der Waals surface area (Å²) >= 11 is 3.44. The zero-order chi connectivity index (χ0) is 22.9. The summed E-state index contributed by atoms with van der Waals surface area (Å²) in [5.41, 5.74) is 2.64. The first-order valence-corrected chi connectivity index (χ1v) is 11.9. The van der Waals surface area contributed by atoms with Crippen molar-refractivity contribution in [3.8, 4) is 5.75 Å². The van der Waals surface area contributed by atoms with E-state index < -0.39 is 16.0 Å². The number of para-hydroxylation sites is 1. The molecule has 32 heavy (non-hydrogen) atoms. The van der Waals surface area contributed by atoms with Gasteiger partial charge in [-0.3, -0.25) is 4.79 Å². The molecular formula is C23H19BrN2O5S. The number of rotatable bonds is 7. The third kappa shape index (κ3) is 4.39. The Hall–Kier alpha value is -3.17. The van der Waals surface area contributed by atoms with Crippen molar-refractivity contribution in [3.05, 3.63) is 88.0 Å². The Morgan fingerprint density at radius 3 is 2.53 bits per heavy atom. The predicted molar refractivity (Wildman–Crippen MR) is 123 cm³/mol. The summed E-state index contributed by atoms with van der Waals surface area (Å²) in [6.45, 7) is 2.00. The number of ether oxygens (including phenoxy) is 1. The number of fused-ring (bicyclic) bond motifs is 1. The maximum atomic E-state index is 13.2. The van der Waals surface area contributed by atoms with E-state index in [-0.39, 0.29) is 17.9 Å². The number of carboxylic acid groups (broad SMARTS) is 1. The smallest absolute Gasteiger partial charge is 0.307 e. The standard InChI is InChI=1S/C23H19BrN2O5S/c1-15-6-8-19(9-7-15)32(29,30)26-21-12-18(24)10-17(20(21)13-25-26)14-31-22-5-3-2-4-16(22)11-23(27)28/h2-10,12-13H,11,14H2,1H3,(H,27,28). The van der Waals surface area contributed by atoms with E-state index in [1.165, 1.54) is 6.20 Å². The van der Waals surface area contributed by atoms with Crippen LogP contribution in [0.15, 0.2) is 76.2 Å². The summed E-state index contributed by atoms with van der Waals surface area (Å²) in [4.78, 5) is 11.3. The largest absolute Gasteiger partial charge is 0.489 e. The Morgan fingerprint density at radius 2 is 1.81 bits per heavy atom. The Labute approximate surface area is 193 Å². The van der Waals surface area contributed by atoms with Crippen LogP contribution < -0.4 is 4.74 Å². The molecule has 1 heterocycles. The van der Waals surface area contributed by atoms with Crippen molar-refractivity contribution in [3.63, 3.8) is 0 Å². The van der Waals surface area contributed by atoms with E-state index in [0.29, 0.717) is 32.3 Å². The number of nitrogens with zero attached hydrogens (tertiary/aromatic N) is 2. The zero-order valence-corrected chi connectivity index (χ0v) is 19.4. The molecule has 4 aromatic rings. The van der Waals surface area contributed by atoms with Gasteiger partial charge in [-0.05, 0) is 37.3 Å². The first-order chi connectivity index (χ1) is 15.3. The lowest BCUT2D eigenvalue weighted by molar-refractivity contribution is -0.136. The lowest BCUT2D eigenvalue weighted by Crippen LogP contribution is -2.14. The van der Waals surface area contributed by atoms with Gasteiger partial charge < -0.3 is 9.84 Å². The fourth-order valence-corrected chi connectivity index (χ4v) is 5.12. The van der Waals surface area contributed by atoms with E-state index in [1.54, 1.807) is 54.6 Å². The number of hydrogen-bond donors (Lipinski definition) is 1. The van der Waals surface area contributed by atoms with Crippen molar-refractivity contribution in [1.29, 1.82) is 0 Å². The van der Waals surface area contributed by atoms with E-state index in [1.807, 2.05) is 13.0 Å². The van der Waals surface area contributed by atoms with Gasteiger partial charge >= 0.3 is 5.97 Å². The summed E-state index contributed by atoms with van der Waals surface area (Å²) < 4.78 is 33.9. The van der Waals surface area contributed by atoms with E-state index in [2.05, 4.69) is 21.0 Å². The lowest BCUT2D eigenvalue weighted by Gasteiger charge is -2.12. The minimum atomic E-state index is -3.88. The highest BCUT2D eigenvalue weighted by Crippen LogP contribution is 2.29. The van der Waals surface area contributed by atoms with Crippen LogP contribution >= 0.6 is 15.9 Å². The third-order valence-electron chi connectivity index (χ3n) is 4.95. The van der Waals surface area contributed by atoms with Crippen molar-refractivity contribution < 1.29 is 23.1 Å². The number of halogens is 1. The van der Waals surface area contributed by atoms with Crippen LogP contribution in [0, 0.1) is 6.92 Å². The minimum Gasteiger partial charge on any atom is -0.489 e. The Morgan fingerprint density at radius 1 is 1.09 bits per heavy atom. The summed E-state index contributed by atoms with van der Waals surface area (Å²) in [6.07, 6.45) is 1.34. The molecule has 0 radical (unpaired) electrons. The van der Waals surface area contributed by atoms with Gasteiger partial charge in [0.15, 0.2) is 0 Å². The molecule has 0 fully saturated rings. The van der Waals surface area contributed by atoms with E-state index >= 15 is 0 Å². The van der Waals surface area contributed by atoms with E-state index in [9.17, 15) is 13.2 Å². The predicted octanol–water partition coefficient (Wildman–Crippen LogP) is 4.55. The molecule has 0 aliphatic rings.